The summed E-state index contributed by atoms with van der Waals surface area (Å²) in [6, 6.07) is 13.3. The van der Waals surface area contributed by atoms with Crippen molar-refractivity contribution >= 4 is 28.2 Å². The number of nitrogens with zero attached hydrogens (tertiary/aromatic N) is 4. The number of aryl methyl sites for hydroxylation is 1. The second-order valence-electron chi connectivity index (χ2n) is 12.8. The van der Waals surface area contributed by atoms with Gasteiger partial charge >= 0.3 is 0 Å². The molecule has 0 radical (unpaired) electrons. The number of halogens is 1. The van der Waals surface area contributed by atoms with Gasteiger partial charge in [-0.3, -0.25) is 14.4 Å². The molecule has 3 aromatic heterocycles. The number of carbonyl (C=O) groups excluding carboxylic acids is 1. The smallest absolute Gasteiger partial charge is 0.282 e. The van der Waals surface area contributed by atoms with Gasteiger partial charge in [0.15, 0.2) is 0 Å². The van der Waals surface area contributed by atoms with Crippen LogP contribution in [0.15, 0.2) is 76.7 Å². The van der Waals surface area contributed by atoms with Gasteiger partial charge in [-0.25, -0.2) is 9.37 Å². The molecule has 0 aliphatic rings. The molecular weight excluding hydrogens is 587 g/mol. The van der Waals surface area contributed by atoms with Crippen molar-refractivity contribution < 1.29 is 14.3 Å². The Morgan fingerprint density at radius 3 is 2.35 bits per heavy atom. The number of aliphatic hydroxyl groups is 1. The predicted octanol–water partition coefficient (Wildman–Crippen LogP) is 4.84. The molecule has 1 amide bonds. The van der Waals surface area contributed by atoms with Crippen LogP contribution in [0.5, 0.6) is 0 Å². The molecule has 0 aliphatic heterocycles. The number of pyridine rings is 2. The lowest BCUT2D eigenvalue weighted by molar-refractivity contribution is -0.125. The summed E-state index contributed by atoms with van der Waals surface area (Å²) in [5.74, 6) is -0.400. The largest absolute Gasteiger partial charge is 0.392 e. The Labute approximate surface area is 265 Å². The fourth-order valence-electron chi connectivity index (χ4n) is 5.42. The molecule has 0 spiro atoms. The maximum atomic E-state index is 15.3. The average molecular weight is 625 g/mol. The minimum atomic E-state index is -0.801. The number of carbonyl (C=O) groups is 1. The number of anilines is 2. The molecule has 10 nitrogen and oxygen atoms in total. The van der Waals surface area contributed by atoms with Gasteiger partial charge in [0.2, 0.25) is 5.91 Å². The Hall–Kier alpha value is -5.16. The first-order valence-electron chi connectivity index (χ1n) is 14.8. The van der Waals surface area contributed by atoms with E-state index in [-0.39, 0.29) is 33.6 Å². The molecule has 0 unspecified atom stereocenters. The van der Waals surface area contributed by atoms with E-state index in [1.807, 2.05) is 20.8 Å². The van der Waals surface area contributed by atoms with Gasteiger partial charge in [-0.05, 0) is 66.3 Å². The molecule has 3 heterocycles. The summed E-state index contributed by atoms with van der Waals surface area (Å²) in [4.78, 5) is 43.5. The van der Waals surface area contributed by atoms with Crippen molar-refractivity contribution in [2.75, 3.05) is 12.4 Å². The lowest BCUT2D eigenvalue weighted by Gasteiger charge is -2.22. The molecule has 238 valence electrons. The van der Waals surface area contributed by atoms with Crippen molar-refractivity contribution in [3.63, 3.8) is 0 Å². The van der Waals surface area contributed by atoms with Crippen LogP contribution >= 0.6 is 0 Å². The van der Waals surface area contributed by atoms with Crippen LogP contribution in [0, 0.1) is 5.82 Å². The second kappa shape index (κ2) is 12.0. The molecule has 11 heteroatoms. The average Bonchev–Trinajstić information content (AvgIpc) is 3.02. The van der Waals surface area contributed by atoms with E-state index in [9.17, 15) is 19.5 Å². The van der Waals surface area contributed by atoms with E-state index in [1.165, 1.54) is 16.8 Å². The number of amides is 1. The van der Waals surface area contributed by atoms with Crippen molar-refractivity contribution in [1.29, 1.82) is 0 Å². The number of benzene rings is 2. The van der Waals surface area contributed by atoms with E-state index in [0.29, 0.717) is 33.5 Å². The molecule has 5 aromatic rings. The third-order valence-electron chi connectivity index (χ3n) is 8.28. The molecule has 0 bridgehead atoms. The maximum absolute atomic E-state index is 15.3. The topological polar surface area (TPSA) is 131 Å². The molecule has 2 aromatic carbocycles. The lowest BCUT2D eigenvalue weighted by Crippen LogP contribution is -2.38. The van der Waals surface area contributed by atoms with Crippen LogP contribution < -0.4 is 21.8 Å². The molecule has 46 heavy (non-hydrogen) atoms. The van der Waals surface area contributed by atoms with Crippen LogP contribution in [0.3, 0.4) is 0 Å². The molecule has 0 atom stereocenters. The molecule has 3 N–H and O–H groups in total. The van der Waals surface area contributed by atoms with Crippen molar-refractivity contribution in [3.05, 3.63) is 110 Å². The highest BCUT2D eigenvalue weighted by Gasteiger charge is 2.29. The molecule has 0 saturated carbocycles. The Kier molecular flexibility index (Phi) is 8.39. The molecular formula is C35H37FN6O4. The van der Waals surface area contributed by atoms with Crippen molar-refractivity contribution in [3.8, 4) is 16.8 Å². The van der Waals surface area contributed by atoms with Gasteiger partial charge in [-0.1, -0.05) is 39.0 Å². The summed E-state index contributed by atoms with van der Waals surface area (Å²) in [7, 11) is 3.18. The molecule has 0 fully saturated rings. The van der Waals surface area contributed by atoms with Crippen molar-refractivity contribution in [2.45, 2.75) is 52.1 Å². The number of hydrogen-bond acceptors (Lipinski definition) is 7. The molecule has 5 rings (SSSR count). The van der Waals surface area contributed by atoms with Gasteiger partial charge < -0.3 is 20.3 Å². The van der Waals surface area contributed by atoms with E-state index in [4.69, 9.17) is 0 Å². The number of hydrogen-bond donors (Lipinski definition) is 3. The van der Waals surface area contributed by atoms with Gasteiger partial charge in [-0.15, -0.1) is 0 Å². The summed E-state index contributed by atoms with van der Waals surface area (Å²) >= 11 is 0. The molecule has 0 aliphatic carbocycles. The minimum absolute atomic E-state index is 0.0943. The van der Waals surface area contributed by atoms with Gasteiger partial charge in [0.1, 0.15) is 17.3 Å². The second-order valence-corrected chi connectivity index (χ2v) is 12.8. The summed E-state index contributed by atoms with van der Waals surface area (Å²) in [5.41, 5.74) is 1.34. The van der Waals surface area contributed by atoms with Crippen molar-refractivity contribution in [1.82, 2.24) is 24.6 Å². The standard InChI is InChI=1S/C35H37FN6O4/c1-34(2,3)23-13-20-16-39-42(32(45)30(20)26(36)15-23)28-10-8-9-24(25(28)19-43)21-14-27(31(44)41(7)18-21)40-29-12-11-22(17-38-29)35(4,5)33(46)37-6/h8-18,43H,19H2,1-7H3,(H,37,46)(H,38,40). The van der Waals surface area contributed by atoms with Crippen LogP contribution in [0.25, 0.3) is 27.6 Å². The summed E-state index contributed by atoms with van der Waals surface area (Å²) in [5, 5.41) is 20.9. The van der Waals surface area contributed by atoms with Gasteiger partial charge in [0.05, 0.1) is 29.3 Å². The third-order valence-corrected chi connectivity index (χ3v) is 8.28. The van der Waals surface area contributed by atoms with Gasteiger partial charge in [0.25, 0.3) is 11.1 Å². The lowest BCUT2D eigenvalue weighted by atomic mass is 9.85. The van der Waals surface area contributed by atoms with Crippen LogP contribution in [-0.2, 0) is 29.3 Å². The highest BCUT2D eigenvalue weighted by atomic mass is 19.1. The number of rotatable bonds is 7. The summed E-state index contributed by atoms with van der Waals surface area (Å²) in [6.07, 6.45) is 4.66. The van der Waals surface area contributed by atoms with Crippen LogP contribution in [-0.4, -0.2) is 37.4 Å². The predicted molar refractivity (Wildman–Crippen MR) is 177 cm³/mol. The Morgan fingerprint density at radius 2 is 1.72 bits per heavy atom. The van der Waals surface area contributed by atoms with E-state index in [0.717, 1.165) is 10.2 Å². The van der Waals surface area contributed by atoms with E-state index in [2.05, 4.69) is 20.7 Å². The minimum Gasteiger partial charge on any atom is -0.392 e. The number of fused-ring (bicyclic) bond motifs is 1. The highest BCUT2D eigenvalue weighted by molar-refractivity contribution is 5.87. The van der Waals surface area contributed by atoms with Gasteiger partial charge in [0, 0.05) is 43.0 Å². The van der Waals surface area contributed by atoms with Crippen LogP contribution in [0.2, 0.25) is 0 Å². The maximum Gasteiger partial charge on any atom is 0.282 e. The Morgan fingerprint density at radius 1 is 0.978 bits per heavy atom. The highest BCUT2D eigenvalue weighted by Crippen LogP contribution is 2.31. The summed E-state index contributed by atoms with van der Waals surface area (Å²) < 4.78 is 17.8. The van der Waals surface area contributed by atoms with Crippen molar-refractivity contribution in [2.24, 2.45) is 7.05 Å². The monoisotopic (exact) mass is 624 g/mol. The van der Waals surface area contributed by atoms with E-state index < -0.39 is 23.4 Å². The van der Waals surface area contributed by atoms with E-state index in [1.54, 1.807) is 82.8 Å². The fraction of sp³-hybridized carbons (Fsp3) is 0.286. The normalized spacial score (nSPS) is 11.9. The zero-order valence-electron chi connectivity index (χ0n) is 26.9. The zero-order chi connectivity index (χ0) is 33.6. The number of likely N-dealkylation sites (N-methyl/N-ethyl adjacent to an activating group) is 1. The fourth-order valence-corrected chi connectivity index (χ4v) is 5.42. The van der Waals surface area contributed by atoms with E-state index >= 15 is 4.39 Å². The quantitative estimate of drug-likeness (QED) is 0.236. The number of nitrogens with one attached hydrogen (secondary N) is 2. The number of aromatic nitrogens is 4. The molecule has 0 saturated heterocycles. The van der Waals surface area contributed by atoms with Crippen LogP contribution in [0.1, 0.15) is 51.3 Å². The Balaban J connectivity index is 1.57. The van der Waals surface area contributed by atoms with Gasteiger partial charge in [-0.2, -0.15) is 9.78 Å². The Bertz CT molecular complexity index is 2090. The SMILES string of the molecule is CNC(=O)C(C)(C)c1ccc(Nc2cc(-c3cccc(-n4ncc5cc(C(C)(C)C)cc(F)c5c4=O)c3CO)cn(C)c2=O)nc1. The zero-order valence-corrected chi connectivity index (χ0v) is 26.9. The first-order chi connectivity index (χ1) is 21.7. The first kappa shape index (κ1) is 32.2. The number of aliphatic hydroxyl groups excluding tert-OH is 1. The summed E-state index contributed by atoms with van der Waals surface area (Å²) in [6.45, 7) is 9.02. The van der Waals surface area contributed by atoms with Crippen LogP contribution in [0.4, 0.5) is 15.9 Å². The third kappa shape index (κ3) is 5.81. The first-order valence-corrected chi connectivity index (χ1v) is 14.8.